The third-order valence-electron chi connectivity index (χ3n) is 3.66. The van der Waals surface area contributed by atoms with E-state index in [1.165, 1.54) is 12.8 Å². The number of pyridine rings is 1. The summed E-state index contributed by atoms with van der Waals surface area (Å²) in [6, 6.07) is 3.75. The second-order valence-electron chi connectivity index (χ2n) is 5.16. The lowest BCUT2D eigenvalue weighted by Gasteiger charge is -2.28. The number of rotatable bonds is 3. The monoisotopic (exact) mass is 310 g/mol. The number of aromatic nitrogens is 1. The molecule has 1 saturated carbocycles. The number of carbonyl (C=O) groups excluding carboxylic acids is 1. The van der Waals surface area contributed by atoms with Gasteiger partial charge in [-0.3, -0.25) is 9.78 Å². The zero-order valence-electron chi connectivity index (χ0n) is 10.9. The molecule has 0 atom stereocenters. The predicted molar refractivity (Wildman–Crippen MR) is 76.2 cm³/mol. The molecule has 0 spiro atoms. The van der Waals surface area contributed by atoms with E-state index in [9.17, 15) is 4.79 Å². The first-order valence-electron chi connectivity index (χ1n) is 6.39. The fourth-order valence-electron chi connectivity index (χ4n) is 2.58. The molecule has 0 saturated heterocycles. The van der Waals surface area contributed by atoms with Gasteiger partial charge in [-0.2, -0.15) is 0 Å². The van der Waals surface area contributed by atoms with Crippen molar-refractivity contribution in [2.45, 2.75) is 45.1 Å². The number of amides is 1. The minimum Gasteiger partial charge on any atom is -0.346 e. The van der Waals surface area contributed by atoms with Crippen LogP contribution in [0.3, 0.4) is 0 Å². The van der Waals surface area contributed by atoms with Gasteiger partial charge in [0.25, 0.3) is 5.91 Å². The van der Waals surface area contributed by atoms with E-state index in [1.807, 2.05) is 26.0 Å². The molecule has 98 valence electrons. The van der Waals surface area contributed by atoms with E-state index in [0.717, 1.165) is 29.6 Å². The Morgan fingerprint density at radius 2 is 2.06 bits per heavy atom. The second kappa shape index (κ2) is 5.39. The first-order chi connectivity index (χ1) is 8.56. The standard InChI is InChI=1S/C14H19BrN2O/c1-10-5-6-12(11(2)16-10)13(18)17-14(9-15)7-3-4-8-14/h5-6H,3-4,7-9H2,1-2H3,(H,17,18). The molecule has 0 bridgehead atoms. The summed E-state index contributed by atoms with van der Waals surface area (Å²) in [7, 11) is 0. The second-order valence-corrected chi connectivity index (χ2v) is 5.72. The zero-order chi connectivity index (χ0) is 13.2. The van der Waals surface area contributed by atoms with Gasteiger partial charge in [0.15, 0.2) is 0 Å². The van der Waals surface area contributed by atoms with Crippen molar-refractivity contribution >= 4 is 21.8 Å². The molecule has 4 heteroatoms. The smallest absolute Gasteiger partial charge is 0.253 e. The summed E-state index contributed by atoms with van der Waals surface area (Å²) in [6.45, 7) is 3.82. The van der Waals surface area contributed by atoms with Gasteiger partial charge in [0.1, 0.15) is 0 Å². The number of halogens is 1. The van der Waals surface area contributed by atoms with Gasteiger partial charge in [-0.25, -0.2) is 0 Å². The van der Waals surface area contributed by atoms with Crippen molar-refractivity contribution in [2.24, 2.45) is 0 Å². The molecule has 1 aromatic heterocycles. The molecule has 0 aromatic carbocycles. The molecule has 18 heavy (non-hydrogen) atoms. The van der Waals surface area contributed by atoms with Crippen LogP contribution in [0.5, 0.6) is 0 Å². The Kier molecular flexibility index (Phi) is 4.05. The maximum Gasteiger partial charge on any atom is 0.253 e. The van der Waals surface area contributed by atoms with Gasteiger partial charge in [-0.15, -0.1) is 0 Å². The number of aryl methyl sites for hydroxylation is 2. The summed E-state index contributed by atoms with van der Waals surface area (Å²) >= 11 is 3.53. The number of hydrogen-bond donors (Lipinski definition) is 1. The first-order valence-corrected chi connectivity index (χ1v) is 7.51. The van der Waals surface area contributed by atoms with Crippen LogP contribution in [-0.4, -0.2) is 21.8 Å². The molecular weight excluding hydrogens is 292 g/mol. The van der Waals surface area contributed by atoms with Crippen molar-refractivity contribution in [1.29, 1.82) is 0 Å². The minimum atomic E-state index is -0.0611. The molecule has 0 aliphatic heterocycles. The maximum atomic E-state index is 12.3. The molecule has 1 aromatic rings. The Balaban J connectivity index is 2.16. The van der Waals surface area contributed by atoms with Gasteiger partial charge in [0.2, 0.25) is 0 Å². The van der Waals surface area contributed by atoms with E-state index in [0.29, 0.717) is 5.56 Å². The topological polar surface area (TPSA) is 42.0 Å². The van der Waals surface area contributed by atoms with E-state index >= 15 is 0 Å². The van der Waals surface area contributed by atoms with E-state index in [-0.39, 0.29) is 11.4 Å². The first kappa shape index (κ1) is 13.5. The maximum absolute atomic E-state index is 12.3. The summed E-state index contributed by atoms with van der Waals surface area (Å²) in [5, 5.41) is 4.02. The highest BCUT2D eigenvalue weighted by atomic mass is 79.9. The predicted octanol–water partition coefficient (Wildman–Crippen LogP) is 3.14. The van der Waals surface area contributed by atoms with E-state index in [1.54, 1.807) is 0 Å². The Hall–Kier alpha value is -0.900. The third-order valence-corrected chi connectivity index (χ3v) is 4.74. The molecule has 3 nitrogen and oxygen atoms in total. The Morgan fingerprint density at radius 3 is 2.61 bits per heavy atom. The summed E-state index contributed by atoms with van der Waals surface area (Å²) < 4.78 is 0. The number of nitrogens with one attached hydrogen (secondary N) is 1. The largest absolute Gasteiger partial charge is 0.346 e. The van der Waals surface area contributed by atoms with Crippen LogP contribution in [0.1, 0.15) is 47.4 Å². The lowest BCUT2D eigenvalue weighted by molar-refractivity contribution is 0.0909. The molecule has 2 rings (SSSR count). The van der Waals surface area contributed by atoms with Crippen LogP contribution < -0.4 is 5.32 Å². The average molecular weight is 311 g/mol. The van der Waals surface area contributed by atoms with Gasteiger partial charge in [0.05, 0.1) is 16.8 Å². The Bertz CT molecular complexity index is 453. The Morgan fingerprint density at radius 1 is 1.39 bits per heavy atom. The lowest BCUT2D eigenvalue weighted by atomic mass is 9.99. The molecule has 1 amide bonds. The summed E-state index contributed by atoms with van der Waals surface area (Å²) in [5.74, 6) is 0.00125. The molecule has 0 radical (unpaired) electrons. The van der Waals surface area contributed by atoms with Crippen LogP contribution in [0.25, 0.3) is 0 Å². The van der Waals surface area contributed by atoms with E-state index in [2.05, 4.69) is 26.2 Å². The van der Waals surface area contributed by atoms with Gasteiger partial charge >= 0.3 is 0 Å². The average Bonchev–Trinajstić information content (AvgIpc) is 2.78. The summed E-state index contributed by atoms with van der Waals surface area (Å²) in [6.07, 6.45) is 4.50. The highest BCUT2D eigenvalue weighted by molar-refractivity contribution is 9.09. The van der Waals surface area contributed by atoms with Gasteiger partial charge < -0.3 is 5.32 Å². The van der Waals surface area contributed by atoms with Crippen molar-refractivity contribution in [1.82, 2.24) is 10.3 Å². The summed E-state index contributed by atoms with van der Waals surface area (Å²) in [5.41, 5.74) is 2.37. The van der Waals surface area contributed by atoms with Gasteiger partial charge in [-0.1, -0.05) is 28.8 Å². The van der Waals surface area contributed by atoms with E-state index in [4.69, 9.17) is 0 Å². The normalized spacial score (nSPS) is 17.7. The number of carbonyl (C=O) groups is 1. The van der Waals surface area contributed by atoms with Crippen molar-refractivity contribution in [3.8, 4) is 0 Å². The third kappa shape index (κ3) is 2.74. The van der Waals surface area contributed by atoms with Crippen molar-refractivity contribution in [2.75, 3.05) is 5.33 Å². The SMILES string of the molecule is Cc1ccc(C(=O)NC2(CBr)CCCC2)c(C)n1. The van der Waals surface area contributed by atoms with Crippen LogP contribution >= 0.6 is 15.9 Å². The van der Waals surface area contributed by atoms with Crippen LogP contribution in [0.2, 0.25) is 0 Å². The van der Waals surface area contributed by atoms with Crippen LogP contribution in [-0.2, 0) is 0 Å². The lowest BCUT2D eigenvalue weighted by Crippen LogP contribution is -2.48. The van der Waals surface area contributed by atoms with Crippen molar-refractivity contribution < 1.29 is 4.79 Å². The fourth-order valence-corrected chi connectivity index (χ4v) is 3.28. The number of nitrogens with zero attached hydrogens (tertiary/aromatic N) is 1. The van der Waals surface area contributed by atoms with Crippen molar-refractivity contribution in [3.05, 3.63) is 29.1 Å². The molecule has 1 aliphatic rings. The number of alkyl halides is 1. The molecule has 1 N–H and O–H groups in total. The van der Waals surface area contributed by atoms with Crippen molar-refractivity contribution in [3.63, 3.8) is 0 Å². The zero-order valence-corrected chi connectivity index (χ0v) is 12.5. The summed E-state index contributed by atoms with van der Waals surface area (Å²) in [4.78, 5) is 16.7. The number of hydrogen-bond acceptors (Lipinski definition) is 2. The van der Waals surface area contributed by atoms with Crippen LogP contribution in [0.4, 0.5) is 0 Å². The highest BCUT2D eigenvalue weighted by Crippen LogP contribution is 2.31. The molecule has 1 heterocycles. The van der Waals surface area contributed by atoms with Gasteiger partial charge in [0, 0.05) is 11.0 Å². The van der Waals surface area contributed by atoms with Crippen LogP contribution in [0.15, 0.2) is 12.1 Å². The quantitative estimate of drug-likeness (QED) is 0.871. The molecule has 0 unspecified atom stereocenters. The minimum absolute atomic E-state index is 0.00125. The molecule has 1 aliphatic carbocycles. The Labute approximate surface area is 117 Å². The van der Waals surface area contributed by atoms with Gasteiger partial charge in [-0.05, 0) is 38.8 Å². The van der Waals surface area contributed by atoms with Crippen LogP contribution in [0, 0.1) is 13.8 Å². The highest BCUT2D eigenvalue weighted by Gasteiger charge is 2.34. The fraction of sp³-hybridized carbons (Fsp3) is 0.571. The molecular formula is C14H19BrN2O. The molecule has 1 fully saturated rings. The van der Waals surface area contributed by atoms with E-state index < -0.39 is 0 Å².